The highest BCUT2D eigenvalue weighted by Crippen LogP contribution is 2.18. The molecule has 2 unspecified atom stereocenters. The molecule has 19 heavy (non-hydrogen) atoms. The molecule has 1 aliphatic rings. The monoisotopic (exact) mass is 263 g/mol. The van der Waals surface area contributed by atoms with Gasteiger partial charge in [-0.3, -0.25) is 4.90 Å². The minimum Gasteiger partial charge on any atom is -0.489 e. The van der Waals surface area contributed by atoms with Crippen LogP contribution in [0, 0.1) is 12.8 Å². The highest BCUT2D eigenvalue weighted by atomic mass is 16.5. The Morgan fingerprint density at radius 1 is 1.47 bits per heavy atom. The SMILES string of the molecule is Cc1cccc(OC(C)CN2CCCC(CO)C2)c1. The van der Waals surface area contributed by atoms with Gasteiger partial charge in [-0.2, -0.15) is 0 Å². The van der Waals surface area contributed by atoms with Gasteiger partial charge in [-0.25, -0.2) is 0 Å². The molecular weight excluding hydrogens is 238 g/mol. The predicted molar refractivity (Wildman–Crippen MR) is 77.5 cm³/mol. The Labute approximate surface area is 116 Å². The molecule has 0 bridgehead atoms. The number of rotatable bonds is 5. The molecule has 2 rings (SSSR count). The van der Waals surface area contributed by atoms with Crippen LogP contribution in [-0.4, -0.2) is 42.4 Å². The van der Waals surface area contributed by atoms with Crippen LogP contribution in [0.4, 0.5) is 0 Å². The summed E-state index contributed by atoms with van der Waals surface area (Å²) in [6.07, 6.45) is 2.52. The molecule has 0 aromatic heterocycles. The summed E-state index contributed by atoms with van der Waals surface area (Å²) in [6, 6.07) is 8.19. The van der Waals surface area contributed by atoms with Crippen LogP contribution in [0.25, 0.3) is 0 Å². The van der Waals surface area contributed by atoms with Crippen molar-refractivity contribution in [2.24, 2.45) is 5.92 Å². The molecule has 0 aliphatic carbocycles. The van der Waals surface area contributed by atoms with Crippen molar-refractivity contribution in [1.82, 2.24) is 4.90 Å². The van der Waals surface area contributed by atoms with Gasteiger partial charge in [-0.05, 0) is 56.8 Å². The Kier molecular flexibility index (Phi) is 5.23. The lowest BCUT2D eigenvalue weighted by Crippen LogP contribution is -2.41. The van der Waals surface area contributed by atoms with E-state index in [9.17, 15) is 5.11 Å². The molecule has 0 spiro atoms. The van der Waals surface area contributed by atoms with Crippen LogP contribution in [0.3, 0.4) is 0 Å². The highest BCUT2D eigenvalue weighted by Gasteiger charge is 2.20. The average Bonchev–Trinajstić information content (AvgIpc) is 2.38. The minimum absolute atomic E-state index is 0.180. The van der Waals surface area contributed by atoms with Crippen LogP contribution < -0.4 is 4.74 Å². The van der Waals surface area contributed by atoms with Gasteiger partial charge < -0.3 is 9.84 Å². The van der Waals surface area contributed by atoms with Crippen LogP contribution in [0.5, 0.6) is 5.75 Å². The van der Waals surface area contributed by atoms with E-state index in [-0.39, 0.29) is 6.10 Å². The van der Waals surface area contributed by atoms with Gasteiger partial charge in [0.05, 0.1) is 0 Å². The van der Waals surface area contributed by atoms with Crippen LogP contribution in [0.2, 0.25) is 0 Å². The molecule has 3 heteroatoms. The Hall–Kier alpha value is -1.06. The number of nitrogens with zero attached hydrogens (tertiary/aromatic N) is 1. The Morgan fingerprint density at radius 2 is 2.32 bits per heavy atom. The van der Waals surface area contributed by atoms with Crippen molar-refractivity contribution in [2.75, 3.05) is 26.2 Å². The minimum atomic E-state index is 0.180. The summed E-state index contributed by atoms with van der Waals surface area (Å²) in [5, 5.41) is 9.25. The summed E-state index contributed by atoms with van der Waals surface area (Å²) < 4.78 is 5.96. The first-order valence-electron chi connectivity index (χ1n) is 7.24. The number of piperidine rings is 1. The zero-order valence-corrected chi connectivity index (χ0v) is 12.0. The first-order valence-corrected chi connectivity index (χ1v) is 7.24. The Morgan fingerprint density at radius 3 is 3.05 bits per heavy atom. The molecule has 1 heterocycles. The van der Waals surface area contributed by atoms with Crippen molar-refractivity contribution < 1.29 is 9.84 Å². The van der Waals surface area contributed by atoms with Crippen molar-refractivity contribution >= 4 is 0 Å². The van der Waals surface area contributed by atoms with Crippen molar-refractivity contribution in [3.05, 3.63) is 29.8 Å². The lowest BCUT2D eigenvalue weighted by molar-refractivity contribution is 0.0843. The fraction of sp³-hybridized carbons (Fsp3) is 0.625. The van der Waals surface area contributed by atoms with Gasteiger partial charge in [0.25, 0.3) is 0 Å². The van der Waals surface area contributed by atoms with Crippen LogP contribution in [0.1, 0.15) is 25.3 Å². The van der Waals surface area contributed by atoms with Crippen molar-refractivity contribution in [3.63, 3.8) is 0 Å². The zero-order chi connectivity index (χ0) is 13.7. The number of likely N-dealkylation sites (tertiary alicyclic amines) is 1. The summed E-state index contributed by atoms with van der Waals surface area (Å²) in [5.41, 5.74) is 1.23. The second kappa shape index (κ2) is 6.92. The summed E-state index contributed by atoms with van der Waals surface area (Å²) in [7, 11) is 0. The maximum atomic E-state index is 9.25. The summed E-state index contributed by atoms with van der Waals surface area (Å²) in [6.45, 7) is 7.56. The van der Waals surface area contributed by atoms with Gasteiger partial charge >= 0.3 is 0 Å². The first kappa shape index (κ1) is 14.4. The smallest absolute Gasteiger partial charge is 0.120 e. The quantitative estimate of drug-likeness (QED) is 0.886. The molecule has 1 N–H and O–H groups in total. The molecule has 1 aromatic rings. The zero-order valence-electron chi connectivity index (χ0n) is 12.0. The summed E-state index contributed by atoms with van der Waals surface area (Å²) in [4.78, 5) is 2.41. The van der Waals surface area contributed by atoms with Crippen molar-refractivity contribution in [3.8, 4) is 5.75 Å². The molecule has 106 valence electrons. The van der Waals surface area contributed by atoms with Crippen molar-refractivity contribution in [1.29, 1.82) is 0 Å². The van der Waals surface area contributed by atoms with E-state index >= 15 is 0 Å². The van der Waals surface area contributed by atoms with Crippen LogP contribution >= 0.6 is 0 Å². The van der Waals surface area contributed by atoms with E-state index in [4.69, 9.17) is 4.74 Å². The number of ether oxygens (including phenoxy) is 1. The lowest BCUT2D eigenvalue weighted by Gasteiger charge is -2.33. The third kappa shape index (κ3) is 4.51. The lowest BCUT2D eigenvalue weighted by atomic mass is 9.99. The van der Waals surface area contributed by atoms with E-state index < -0.39 is 0 Å². The number of benzene rings is 1. The third-order valence-electron chi connectivity index (χ3n) is 3.70. The number of aliphatic hydroxyl groups is 1. The number of aliphatic hydroxyl groups excluding tert-OH is 1. The maximum Gasteiger partial charge on any atom is 0.120 e. The van der Waals surface area contributed by atoms with E-state index in [1.54, 1.807) is 0 Å². The molecule has 0 amide bonds. The van der Waals surface area contributed by atoms with E-state index in [2.05, 4.69) is 30.9 Å². The van der Waals surface area contributed by atoms with Crippen LogP contribution in [0.15, 0.2) is 24.3 Å². The second-order valence-corrected chi connectivity index (χ2v) is 5.70. The van der Waals surface area contributed by atoms with E-state index in [1.807, 2.05) is 12.1 Å². The van der Waals surface area contributed by atoms with Crippen LogP contribution in [-0.2, 0) is 0 Å². The number of hydrogen-bond donors (Lipinski definition) is 1. The fourth-order valence-electron chi connectivity index (χ4n) is 2.79. The maximum absolute atomic E-state index is 9.25. The molecular formula is C16H25NO2. The number of hydrogen-bond acceptors (Lipinski definition) is 3. The molecule has 0 saturated carbocycles. The predicted octanol–water partition coefficient (Wildman–Crippen LogP) is 2.47. The highest BCUT2D eigenvalue weighted by molar-refractivity contribution is 5.27. The summed E-state index contributed by atoms with van der Waals surface area (Å²) >= 11 is 0. The van der Waals surface area contributed by atoms with E-state index in [0.29, 0.717) is 12.5 Å². The van der Waals surface area contributed by atoms with Gasteiger partial charge in [-0.1, -0.05) is 12.1 Å². The summed E-state index contributed by atoms with van der Waals surface area (Å²) in [5.74, 6) is 1.39. The van der Waals surface area contributed by atoms with Gasteiger partial charge in [0, 0.05) is 19.7 Å². The molecule has 2 atom stereocenters. The molecule has 0 radical (unpaired) electrons. The molecule has 1 saturated heterocycles. The van der Waals surface area contributed by atoms with E-state index in [0.717, 1.165) is 31.8 Å². The molecule has 1 aromatic carbocycles. The topological polar surface area (TPSA) is 32.7 Å². The standard InChI is InChI=1S/C16H25NO2/c1-13-5-3-7-16(9-13)19-14(2)10-17-8-4-6-15(11-17)12-18/h3,5,7,9,14-15,18H,4,6,8,10-12H2,1-2H3. The average molecular weight is 263 g/mol. The molecule has 3 nitrogen and oxygen atoms in total. The molecule has 1 fully saturated rings. The Bertz CT molecular complexity index is 394. The van der Waals surface area contributed by atoms with Gasteiger partial charge in [0.1, 0.15) is 11.9 Å². The van der Waals surface area contributed by atoms with Gasteiger partial charge in [-0.15, -0.1) is 0 Å². The second-order valence-electron chi connectivity index (χ2n) is 5.70. The number of aryl methyl sites for hydroxylation is 1. The Balaban J connectivity index is 1.82. The first-order chi connectivity index (χ1) is 9.17. The normalized spacial score (nSPS) is 22.2. The van der Waals surface area contributed by atoms with Gasteiger partial charge in [0.2, 0.25) is 0 Å². The molecule has 1 aliphatic heterocycles. The van der Waals surface area contributed by atoms with Crippen molar-refractivity contribution in [2.45, 2.75) is 32.8 Å². The third-order valence-corrected chi connectivity index (χ3v) is 3.70. The van der Waals surface area contributed by atoms with E-state index in [1.165, 1.54) is 12.0 Å². The largest absolute Gasteiger partial charge is 0.489 e. The van der Waals surface area contributed by atoms with Gasteiger partial charge in [0.15, 0.2) is 0 Å². The fourth-order valence-corrected chi connectivity index (χ4v) is 2.79.